The van der Waals surface area contributed by atoms with E-state index in [9.17, 15) is 24.3 Å². The molecule has 0 radical (unpaired) electrons. The van der Waals surface area contributed by atoms with Crippen LogP contribution < -0.4 is 27.4 Å². The Morgan fingerprint density at radius 3 is 1.49 bits per heavy atom. The van der Waals surface area contributed by atoms with Crippen LogP contribution in [0.15, 0.2) is 91.0 Å². The van der Waals surface area contributed by atoms with Crippen molar-refractivity contribution in [2.75, 3.05) is 6.54 Å². The van der Waals surface area contributed by atoms with Gasteiger partial charge >= 0.3 is 5.97 Å². The Bertz CT molecular complexity index is 1310. The fraction of sp³-hybridized carbons (Fsp3) is 0.333. The quantitative estimate of drug-likeness (QED) is 0.130. The Morgan fingerprint density at radius 2 is 1.00 bits per heavy atom. The molecule has 0 aliphatic rings. The summed E-state index contributed by atoms with van der Waals surface area (Å²) >= 11 is 0. The molecule has 3 aromatic carbocycles. The number of carbonyl (C=O) groups excluding carboxylic acids is 3. The summed E-state index contributed by atoms with van der Waals surface area (Å²) in [5.41, 5.74) is 14.3. The van der Waals surface area contributed by atoms with Crippen molar-refractivity contribution < 1.29 is 24.3 Å². The number of nitrogens with two attached hydrogens (primary N) is 2. The van der Waals surface area contributed by atoms with Gasteiger partial charge in [-0.1, -0.05) is 91.0 Å². The van der Waals surface area contributed by atoms with Gasteiger partial charge in [0, 0.05) is 12.8 Å². The van der Waals surface area contributed by atoms with Gasteiger partial charge in [0.2, 0.25) is 17.7 Å². The van der Waals surface area contributed by atoms with Crippen molar-refractivity contribution >= 4 is 23.7 Å². The highest BCUT2D eigenvalue weighted by molar-refractivity contribution is 5.94. The number of unbranched alkanes of at least 4 members (excludes halogenated alkanes) is 1. The molecular weight excluding hydrogens is 546 g/mol. The first-order valence-corrected chi connectivity index (χ1v) is 14.5. The second-order valence-corrected chi connectivity index (χ2v) is 10.5. The van der Waals surface area contributed by atoms with Gasteiger partial charge < -0.3 is 32.5 Å². The van der Waals surface area contributed by atoms with Crippen LogP contribution >= 0.6 is 0 Å². The lowest BCUT2D eigenvalue weighted by atomic mass is 10.0. The fourth-order valence-electron chi connectivity index (χ4n) is 4.65. The molecule has 0 saturated carbocycles. The van der Waals surface area contributed by atoms with Crippen LogP contribution in [0.1, 0.15) is 36.0 Å². The highest BCUT2D eigenvalue weighted by atomic mass is 16.4. The number of carboxylic acids is 1. The smallest absolute Gasteiger partial charge is 0.326 e. The summed E-state index contributed by atoms with van der Waals surface area (Å²) in [5, 5.41) is 17.9. The Kier molecular flexibility index (Phi) is 13.4. The van der Waals surface area contributed by atoms with Crippen molar-refractivity contribution in [3.63, 3.8) is 0 Å². The molecule has 0 aromatic heterocycles. The zero-order valence-electron chi connectivity index (χ0n) is 24.2. The van der Waals surface area contributed by atoms with Crippen LogP contribution in [0.5, 0.6) is 0 Å². The number of amides is 3. The normalized spacial score (nSPS) is 13.6. The molecule has 0 aliphatic carbocycles. The van der Waals surface area contributed by atoms with Gasteiger partial charge in [-0.25, -0.2) is 4.79 Å². The Morgan fingerprint density at radius 1 is 0.581 bits per heavy atom. The monoisotopic (exact) mass is 587 g/mol. The zero-order chi connectivity index (χ0) is 31.0. The number of hydrogen-bond donors (Lipinski definition) is 6. The van der Waals surface area contributed by atoms with E-state index < -0.39 is 47.9 Å². The first-order valence-electron chi connectivity index (χ1n) is 14.5. The molecule has 0 saturated heterocycles. The molecule has 228 valence electrons. The SMILES string of the molecule is NCCCCC(NC(=O)C(Cc1ccccc1)NC(=O)C(N)Cc1ccccc1)C(=O)NC(Cc1ccccc1)C(=O)O. The molecule has 3 aromatic rings. The van der Waals surface area contributed by atoms with Gasteiger partial charge in [0.15, 0.2) is 0 Å². The first kappa shape index (κ1) is 33.0. The van der Waals surface area contributed by atoms with Crippen LogP contribution in [0, 0.1) is 0 Å². The van der Waals surface area contributed by atoms with Crippen molar-refractivity contribution in [3.05, 3.63) is 108 Å². The number of carbonyl (C=O) groups is 4. The summed E-state index contributed by atoms with van der Waals surface area (Å²) in [6.07, 6.45) is 1.92. The van der Waals surface area contributed by atoms with E-state index in [2.05, 4.69) is 16.0 Å². The standard InChI is InChI=1S/C33H41N5O5/c34-19-11-10-18-27(31(40)38-29(33(42)43)22-25-16-8-3-9-17-25)36-32(41)28(21-24-14-6-2-7-15-24)37-30(39)26(35)20-23-12-4-1-5-13-23/h1-9,12-17,26-29H,10-11,18-22,34-35H2,(H,36,41)(H,37,39)(H,38,40)(H,42,43). The second-order valence-electron chi connectivity index (χ2n) is 10.5. The van der Waals surface area contributed by atoms with Gasteiger partial charge in [-0.15, -0.1) is 0 Å². The van der Waals surface area contributed by atoms with Crippen molar-refractivity contribution in [2.24, 2.45) is 11.5 Å². The zero-order valence-corrected chi connectivity index (χ0v) is 24.2. The van der Waals surface area contributed by atoms with Crippen LogP contribution in [0.25, 0.3) is 0 Å². The summed E-state index contributed by atoms with van der Waals surface area (Å²) in [6.45, 7) is 0.403. The molecule has 4 atom stereocenters. The number of hydrogen-bond acceptors (Lipinski definition) is 6. The molecule has 0 fully saturated rings. The third-order valence-electron chi connectivity index (χ3n) is 7.03. The number of aliphatic carboxylic acids is 1. The van der Waals surface area contributed by atoms with E-state index in [4.69, 9.17) is 11.5 Å². The molecule has 8 N–H and O–H groups in total. The largest absolute Gasteiger partial charge is 0.480 e. The van der Waals surface area contributed by atoms with E-state index in [1.807, 2.05) is 66.7 Å². The highest BCUT2D eigenvalue weighted by Gasteiger charge is 2.30. The minimum atomic E-state index is -1.19. The van der Waals surface area contributed by atoms with E-state index in [1.54, 1.807) is 24.3 Å². The predicted octanol–water partition coefficient (Wildman–Crippen LogP) is 1.71. The van der Waals surface area contributed by atoms with Crippen LogP contribution in [0.2, 0.25) is 0 Å². The molecule has 0 heterocycles. The minimum absolute atomic E-state index is 0.0807. The lowest BCUT2D eigenvalue weighted by molar-refractivity contribution is -0.142. The molecule has 0 spiro atoms. The van der Waals surface area contributed by atoms with Gasteiger partial charge in [0.1, 0.15) is 18.1 Å². The van der Waals surface area contributed by atoms with E-state index in [1.165, 1.54) is 0 Å². The Balaban J connectivity index is 1.75. The topological polar surface area (TPSA) is 177 Å². The molecule has 4 unspecified atom stereocenters. The molecular formula is C33H41N5O5. The second kappa shape index (κ2) is 17.4. The minimum Gasteiger partial charge on any atom is -0.480 e. The van der Waals surface area contributed by atoms with Crippen molar-refractivity contribution in [2.45, 2.75) is 62.7 Å². The average Bonchev–Trinajstić information content (AvgIpc) is 3.01. The Hall–Kier alpha value is -4.54. The maximum absolute atomic E-state index is 13.6. The summed E-state index contributed by atoms with van der Waals surface area (Å²) in [6, 6.07) is 23.3. The van der Waals surface area contributed by atoms with Crippen molar-refractivity contribution in [1.82, 2.24) is 16.0 Å². The van der Waals surface area contributed by atoms with Crippen molar-refractivity contribution in [3.8, 4) is 0 Å². The molecule has 10 nitrogen and oxygen atoms in total. The van der Waals surface area contributed by atoms with Crippen LogP contribution in [0.3, 0.4) is 0 Å². The highest BCUT2D eigenvalue weighted by Crippen LogP contribution is 2.09. The van der Waals surface area contributed by atoms with E-state index in [0.29, 0.717) is 19.4 Å². The average molecular weight is 588 g/mol. The van der Waals surface area contributed by atoms with E-state index >= 15 is 0 Å². The van der Waals surface area contributed by atoms with Crippen molar-refractivity contribution in [1.29, 1.82) is 0 Å². The van der Waals surface area contributed by atoms with Gasteiger partial charge in [0.05, 0.1) is 6.04 Å². The van der Waals surface area contributed by atoms with Gasteiger partial charge in [-0.2, -0.15) is 0 Å². The summed E-state index contributed by atoms with van der Waals surface area (Å²) in [4.78, 5) is 52.1. The van der Waals surface area contributed by atoms with E-state index in [-0.39, 0.29) is 25.7 Å². The lowest BCUT2D eigenvalue weighted by Crippen LogP contribution is -2.58. The number of nitrogens with one attached hydrogen (secondary N) is 3. The lowest BCUT2D eigenvalue weighted by Gasteiger charge is -2.25. The molecule has 43 heavy (non-hydrogen) atoms. The third kappa shape index (κ3) is 11.3. The fourth-order valence-corrected chi connectivity index (χ4v) is 4.65. The van der Waals surface area contributed by atoms with Crippen LogP contribution in [-0.2, 0) is 38.4 Å². The van der Waals surface area contributed by atoms with Crippen LogP contribution in [0.4, 0.5) is 0 Å². The predicted molar refractivity (Wildman–Crippen MR) is 165 cm³/mol. The van der Waals surface area contributed by atoms with Gasteiger partial charge in [-0.3, -0.25) is 14.4 Å². The molecule has 3 rings (SSSR count). The Labute approximate surface area is 252 Å². The molecule has 0 bridgehead atoms. The summed E-state index contributed by atoms with van der Waals surface area (Å²) < 4.78 is 0. The van der Waals surface area contributed by atoms with Crippen LogP contribution in [-0.4, -0.2) is 59.5 Å². The molecule has 0 aliphatic heterocycles. The maximum atomic E-state index is 13.6. The van der Waals surface area contributed by atoms with E-state index in [0.717, 1.165) is 16.7 Å². The van der Waals surface area contributed by atoms with Gasteiger partial charge in [0.25, 0.3) is 0 Å². The summed E-state index contributed by atoms with van der Waals surface area (Å²) in [7, 11) is 0. The molecule has 10 heteroatoms. The number of rotatable bonds is 17. The first-order chi connectivity index (χ1) is 20.8. The maximum Gasteiger partial charge on any atom is 0.326 e. The molecule has 3 amide bonds. The third-order valence-corrected chi connectivity index (χ3v) is 7.03. The van der Waals surface area contributed by atoms with Gasteiger partial charge in [-0.05, 0) is 48.9 Å². The number of carboxylic acid groups (broad SMARTS) is 1. The number of benzene rings is 3. The summed E-state index contributed by atoms with van der Waals surface area (Å²) in [5.74, 6) is -2.89.